The fourth-order valence-corrected chi connectivity index (χ4v) is 10.2. The van der Waals surface area contributed by atoms with E-state index < -0.39 is 5.41 Å². The normalized spacial score (nSPS) is 14.0. The lowest BCUT2D eigenvalue weighted by atomic mass is 9.55. The molecule has 276 valence electrons. The maximum atomic E-state index is 2.45. The van der Waals surface area contributed by atoms with Gasteiger partial charge in [0.05, 0.1) is 16.8 Å². The summed E-state index contributed by atoms with van der Waals surface area (Å²) in [4.78, 5) is 4.83. The third-order valence-electron chi connectivity index (χ3n) is 12.7. The zero-order valence-corrected chi connectivity index (χ0v) is 32.7. The second-order valence-corrected chi connectivity index (χ2v) is 16.1. The van der Waals surface area contributed by atoms with E-state index in [1.165, 1.54) is 55.3 Å². The molecule has 9 aromatic rings. The summed E-state index contributed by atoms with van der Waals surface area (Å²) in [7, 11) is 0. The summed E-state index contributed by atoms with van der Waals surface area (Å²) in [6.45, 7) is 4.77. The first-order valence-electron chi connectivity index (χ1n) is 20.3. The summed E-state index contributed by atoms with van der Waals surface area (Å²) in [5.41, 5.74) is 16.8. The van der Waals surface area contributed by atoms with Crippen molar-refractivity contribution in [2.24, 2.45) is 0 Å². The van der Waals surface area contributed by atoms with E-state index in [1.54, 1.807) is 0 Å². The van der Waals surface area contributed by atoms with E-state index in [1.807, 2.05) is 0 Å². The van der Waals surface area contributed by atoms with Crippen LogP contribution in [0.2, 0.25) is 0 Å². The topological polar surface area (TPSA) is 6.48 Å². The zero-order valence-electron chi connectivity index (χ0n) is 32.7. The molecule has 0 radical (unpaired) electrons. The Bertz CT molecular complexity index is 2930. The van der Waals surface area contributed by atoms with Crippen LogP contribution in [-0.2, 0) is 10.8 Å². The summed E-state index contributed by atoms with van der Waals surface area (Å²) >= 11 is 0. The molecule has 0 aromatic heterocycles. The smallest absolute Gasteiger partial charge is 0.0720 e. The van der Waals surface area contributed by atoms with Gasteiger partial charge in [-0.2, -0.15) is 0 Å². The Morgan fingerprint density at radius 2 is 0.724 bits per heavy atom. The van der Waals surface area contributed by atoms with Crippen molar-refractivity contribution in [2.75, 3.05) is 9.80 Å². The Balaban J connectivity index is 1.13. The average molecular weight is 743 g/mol. The van der Waals surface area contributed by atoms with Crippen molar-refractivity contribution in [1.29, 1.82) is 0 Å². The highest BCUT2D eigenvalue weighted by Gasteiger charge is 2.53. The molecule has 0 heterocycles. The van der Waals surface area contributed by atoms with E-state index >= 15 is 0 Å². The molecule has 0 saturated heterocycles. The molecular weight excluding hydrogens is 701 g/mol. The van der Waals surface area contributed by atoms with Crippen molar-refractivity contribution in [2.45, 2.75) is 24.7 Å². The number of fused-ring (bicyclic) bond motifs is 10. The molecule has 0 fully saturated rings. The number of hydrogen-bond donors (Lipinski definition) is 0. The van der Waals surface area contributed by atoms with Crippen LogP contribution in [0.1, 0.15) is 47.2 Å². The minimum atomic E-state index is -0.467. The van der Waals surface area contributed by atoms with Gasteiger partial charge >= 0.3 is 0 Å². The van der Waals surface area contributed by atoms with Gasteiger partial charge in [-0.1, -0.05) is 172 Å². The van der Waals surface area contributed by atoms with Crippen LogP contribution >= 0.6 is 0 Å². The first-order valence-corrected chi connectivity index (χ1v) is 20.3. The van der Waals surface area contributed by atoms with E-state index in [0.29, 0.717) is 0 Å². The lowest BCUT2D eigenvalue weighted by molar-refractivity contribution is 0.563. The molecule has 1 spiro atoms. The SMILES string of the molecule is CC1(C)c2ccccc2C2(c3ccccc3-c3c(N(c4ccccc4)c4ccc(N(c5ccccc5)c5cccc6ccccc56)cc4)cccc32)c2ccccc21. The Hall–Kier alpha value is -7.16. The molecule has 0 N–H and O–H groups in total. The van der Waals surface area contributed by atoms with Gasteiger partial charge < -0.3 is 9.80 Å². The molecule has 0 unspecified atom stereocenters. The van der Waals surface area contributed by atoms with E-state index in [0.717, 1.165) is 34.1 Å². The second-order valence-electron chi connectivity index (χ2n) is 16.1. The first-order chi connectivity index (χ1) is 28.6. The van der Waals surface area contributed by atoms with Crippen LogP contribution in [0.25, 0.3) is 21.9 Å². The maximum Gasteiger partial charge on any atom is 0.0720 e. The van der Waals surface area contributed by atoms with E-state index in [9.17, 15) is 0 Å². The lowest BCUT2D eigenvalue weighted by Gasteiger charge is -2.46. The number of benzene rings is 9. The molecule has 0 saturated carbocycles. The highest BCUT2D eigenvalue weighted by Crippen LogP contribution is 2.64. The lowest BCUT2D eigenvalue weighted by Crippen LogP contribution is -2.40. The van der Waals surface area contributed by atoms with Crippen LogP contribution in [0.3, 0.4) is 0 Å². The molecule has 2 nitrogen and oxygen atoms in total. The fourth-order valence-electron chi connectivity index (χ4n) is 10.2. The standard InChI is InChI=1S/C56H42N2/c1-55(2)47-28-13-15-30-49(47)56(50-31-16-14-29-48(50)55)46-27-12-11-26-45(46)54-51(56)32-18-34-53(54)58(41-23-7-4-8-24-41)43-37-35-42(36-38-43)57(40-21-5-3-6-22-40)52-33-17-20-39-19-9-10-25-44(39)52/h3-38H,1-2H3. The van der Waals surface area contributed by atoms with Crippen molar-refractivity contribution in [3.05, 3.63) is 252 Å². The minimum absolute atomic E-state index is 0.148. The Morgan fingerprint density at radius 1 is 0.310 bits per heavy atom. The van der Waals surface area contributed by atoms with E-state index in [2.05, 4.69) is 242 Å². The van der Waals surface area contributed by atoms with Gasteiger partial charge in [0.1, 0.15) is 0 Å². The molecule has 9 aromatic carbocycles. The van der Waals surface area contributed by atoms with Gasteiger partial charge in [-0.25, -0.2) is 0 Å². The van der Waals surface area contributed by atoms with E-state index in [4.69, 9.17) is 0 Å². The molecular formula is C56H42N2. The van der Waals surface area contributed by atoms with Gasteiger partial charge in [0.15, 0.2) is 0 Å². The third kappa shape index (κ3) is 4.91. The van der Waals surface area contributed by atoms with Crippen LogP contribution < -0.4 is 9.80 Å². The van der Waals surface area contributed by atoms with Crippen LogP contribution in [0.15, 0.2) is 218 Å². The molecule has 2 aliphatic carbocycles. The third-order valence-corrected chi connectivity index (χ3v) is 12.7. The Kier molecular flexibility index (Phi) is 7.78. The van der Waals surface area contributed by atoms with Crippen LogP contribution in [-0.4, -0.2) is 0 Å². The molecule has 58 heavy (non-hydrogen) atoms. The average Bonchev–Trinajstić information content (AvgIpc) is 3.59. The highest BCUT2D eigenvalue weighted by molar-refractivity contribution is 6.00. The summed E-state index contributed by atoms with van der Waals surface area (Å²) in [6, 6.07) is 80.3. The largest absolute Gasteiger partial charge is 0.310 e. The van der Waals surface area contributed by atoms with Crippen LogP contribution in [0.4, 0.5) is 34.1 Å². The predicted molar refractivity (Wildman–Crippen MR) is 243 cm³/mol. The van der Waals surface area contributed by atoms with Gasteiger partial charge in [0.25, 0.3) is 0 Å². The van der Waals surface area contributed by atoms with Crippen molar-refractivity contribution in [1.82, 2.24) is 0 Å². The highest BCUT2D eigenvalue weighted by atomic mass is 15.2. The van der Waals surface area contributed by atoms with E-state index in [-0.39, 0.29) is 5.41 Å². The van der Waals surface area contributed by atoms with Crippen LogP contribution in [0, 0.1) is 0 Å². The summed E-state index contributed by atoms with van der Waals surface area (Å²) in [5, 5.41) is 2.43. The zero-order chi connectivity index (χ0) is 38.8. The van der Waals surface area contributed by atoms with Crippen molar-refractivity contribution in [3.63, 3.8) is 0 Å². The van der Waals surface area contributed by atoms with Gasteiger partial charge in [-0.15, -0.1) is 0 Å². The Labute approximate surface area is 340 Å². The quantitative estimate of drug-likeness (QED) is 0.167. The maximum absolute atomic E-state index is 2.45. The van der Waals surface area contributed by atoms with Crippen LogP contribution in [0.5, 0.6) is 0 Å². The molecule has 2 heteroatoms. The predicted octanol–water partition coefficient (Wildman–Crippen LogP) is 14.8. The Morgan fingerprint density at radius 3 is 1.34 bits per heavy atom. The summed E-state index contributed by atoms with van der Waals surface area (Å²) in [6.07, 6.45) is 0. The first kappa shape index (κ1) is 34.1. The number of anilines is 6. The molecule has 2 aliphatic rings. The molecule has 0 aliphatic heterocycles. The molecule has 11 rings (SSSR count). The van der Waals surface area contributed by atoms with Gasteiger partial charge in [0.2, 0.25) is 0 Å². The second kappa shape index (κ2) is 13.2. The minimum Gasteiger partial charge on any atom is -0.310 e. The van der Waals surface area contributed by atoms with Crippen molar-refractivity contribution < 1.29 is 0 Å². The molecule has 0 atom stereocenters. The summed E-state index contributed by atoms with van der Waals surface area (Å²) < 4.78 is 0. The molecule has 0 amide bonds. The number of rotatable bonds is 6. The van der Waals surface area contributed by atoms with Crippen molar-refractivity contribution in [3.8, 4) is 11.1 Å². The number of hydrogen-bond acceptors (Lipinski definition) is 2. The van der Waals surface area contributed by atoms with Gasteiger partial charge in [-0.05, 0) is 105 Å². The number of para-hydroxylation sites is 2. The van der Waals surface area contributed by atoms with Gasteiger partial charge in [0, 0.05) is 39.1 Å². The number of nitrogens with zero attached hydrogens (tertiary/aromatic N) is 2. The van der Waals surface area contributed by atoms with Crippen molar-refractivity contribution >= 4 is 44.9 Å². The van der Waals surface area contributed by atoms with Gasteiger partial charge in [-0.3, -0.25) is 0 Å². The monoisotopic (exact) mass is 742 g/mol. The molecule has 0 bridgehead atoms. The summed E-state index contributed by atoms with van der Waals surface area (Å²) in [5.74, 6) is 0. The fraction of sp³-hybridized carbons (Fsp3) is 0.0714.